The molecule has 36 heavy (non-hydrogen) atoms. The Bertz CT molecular complexity index is 1500. The molecule has 3 aromatic rings. The Labute approximate surface area is 207 Å². The fourth-order valence-electron chi connectivity index (χ4n) is 5.12. The van der Waals surface area contributed by atoms with E-state index in [1.54, 1.807) is 19.2 Å². The van der Waals surface area contributed by atoms with Gasteiger partial charge in [-0.15, -0.1) is 0 Å². The molecule has 0 aromatic carbocycles. The normalized spacial score (nSPS) is 17.8. The maximum absolute atomic E-state index is 13.9. The Hall–Kier alpha value is -3.91. The van der Waals surface area contributed by atoms with Crippen LogP contribution in [0.15, 0.2) is 27.9 Å². The van der Waals surface area contributed by atoms with Crippen LogP contribution in [-0.2, 0) is 20.1 Å². The van der Waals surface area contributed by atoms with Crippen molar-refractivity contribution in [3.8, 4) is 6.07 Å². The van der Waals surface area contributed by atoms with Crippen LogP contribution in [0.4, 0.5) is 5.82 Å². The van der Waals surface area contributed by atoms with Gasteiger partial charge in [-0.3, -0.25) is 23.7 Å². The summed E-state index contributed by atoms with van der Waals surface area (Å²) in [6.07, 6.45) is 5.12. The van der Waals surface area contributed by atoms with Crippen LogP contribution in [0.25, 0.3) is 11.0 Å². The van der Waals surface area contributed by atoms with E-state index in [-0.39, 0.29) is 30.1 Å². The van der Waals surface area contributed by atoms with E-state index in [2.05, 4.69) is 21.3 Å². The van der Waals surface area contributed by atoms with E-state index in [1.165, 1.54) is 10.8 Å². The molecule has 1 aliphatic heterocycles. The highest BCUT2D eigenvalue weighted by Crippen LogP contribution is 2.33. The van der Waals surface area contributed by atoms with Crippen LogP contribution >= 0.6 is 0 Å². The summed E-state index contributed by atoms with van der Waals surface area (Å²) in [5.74, 6) is 0.341. The largest absolute Gasteiger partial charge is 0.356 e. The number of carbonyl (C=O) groups excluding carboxylic acids is 1. The average molecular weight is 491 g/mol. The molecule has 188 valence electrons. The van der Waals surface area contributed by atoms with Gasteiger partial charge in [0.25, 0.3) is 11.5 Å². The van der Waals surface area contributed by atoms with Gasteiger partial charge in [-0.1, -0.05) is 0 Å². The number of nitriles is 1. The van der Waals surface area contributed by atoms with Crippen molar-refractivity contribution < 1.29 is 4.79 Å². The number of anilines is 1. The van der Waals surface area contributed by atoms with Gasteiger partial charge in [-0.05, 0) is 44.7 Å². The average Bonchev–Trinajstić information content (AvgIpc) is 3.62. The standard InChI is InChI=1S/C25H30N8O3/c1-3-32-21-20(19(22(34)29-17-8-9-17)23(32)31-11-5-7-16(27)13-31)30(2)25(36)33(24(21)35)14-18-15(12-26)6-4-10-28-18/h4,6,10,16-17H,3,5,7-9,11,13-14,27H2,1-2H3,(H,29,34)/t16-/m1/s1. The van der Waals surface area contributed by atoms with Crippen LogP contribution in [-0.4, -0.2) is 49.8 Å². The van der Waals surface area contributed by atoms with Crippen molar-refractivity contribution in [2.75, 3.05) is 18.0 Å². The zero-order chi connectivity index (χ0) is 25.6. The molecule has 1 saturated carbocycles. The SMILES string of the molecule is CCn1c(N2CCC[C@@H](N)C2)c(C(=O)NC2CC2)c2c1c(=O)n(Cc1ncccc1C#N)c(=O)n2C. The fraction of sp³-hybridized carbons (Fsp3) is 0.480. The number of aromatic nitrogens is 4. The Kier molecular flexibility index (Phi) is 6.14. The Morgan fingerprint density at radius 3 is 2.69 bits per heavy atom. The van der Waals surface area contributed by atoms with Crippen LogP contribution in [0, 0.1) is 11.3 Å². The van der Waals surface area contributed by atoms with Crippen molar-refractivity contribution in [2.24, 2.45) is 12.8 Å². The predicted molar refractivity (Wildman–Crippen MR) is 135 cm³/mol. The first-order chi connectivity index (χ1) is 17.3. The summed E-state index contributed by atoms with van der Waals surface area (Å²) in [6.45, 7) is 3.45. The minimum Gasteiger partial charge on any atom is -0.356 e. The number of fused-ring (bicyclic) bond motifs is 1. The summed E-state index contributed by atoms with van der Waals surface area (Å²) in [7, 11) is 1.57. The molecule has 11 heteroatoms. The monoisotopic (exact) mass is 490 g/mol. The number of hydrogen-bond donors (Lipinski definition) is 2. The molecule has 3 aromatic heterocycles. The van der Waals surface area contributed by atoms with Gasteiger partial charge in [-0.25, -0.2) is 4.79 Å². The summed E-state index contributed by atoms with van der Waals surface area (Å²) in [5, 5.41) is 12.5. The van der Waals surface area contributed by atoms with Gasteiger partial charge >= 0.3 is 5.69 Å². The van der Waals surface area contributed by atoms with Gasteiger partial charge in [0.2, 0.25) is 0 Å². The predicted octanol–water partition coefficient (Wildman–Crippen LogP) is 0.656. The van der Waals surface area contributed by atoms with Crippen molar-refractivity contribution >= 4 is 22.8 Å². The van der Waals surface area contributed by atoms with Gasteiger partial charge in [0.15, 0.2) is 0 Å². The third kappa shape index (κ3) is 3.97. The smallest absolute Gasteiger partial charge is 0.331 e. The van der Waals surface area contributed by atoms with Crippen molar-refractivity contribution in [1.82, 2.24) is 24.0 Å². The van der Waals surface area contributed by atoms with Crippen LogP contribution in [0.1, 0.15) is 54.2 Å². The van der Waals surface area contributed by atoms with Crippen molar-refractivity contribution in [2.45, 2.75) is 57.8 Å². The van der Waals surface area contributed by atoms with E-state index >= 15 is 0 Å². The number of nitrogens with two attached hydrogens (primary N) is 1. The molecular weight excluding hydrogens is 460 g/mol. The second-order valence-electron chi connectivity index (χ2n) is 9.58. The molecule has 1 atom stereocenters. The third-order valence-corrected chi connectivity index (χ3v) is 7.04. The van der Waals surface area contributed by atoms with Gasteiger partial charge in [0.05, 0.1) is 23.3 Å². The molecule has 3 N–H and O–H groups in total. The van der Waals surface area contributed by atoms with E-state index in [1.807, 2.05) is 11.5 Å². The second-order valence-corrected chi connectivity index (χ2v) is 9.58. The van der Waals surface area contributed by atoms with Crippen molar-refractivity contribution in [1.29, 1.82) is 5.26 Å². The Balaban J connectivity index is 1.78. The summed E-state index contributed by atoms with van der Waals surface area (Å²) in [6, 6.07) is 5.36. The minimum absolute atomic E-state index is 0.0459. The first-order valence-corrected chi connectivity index (χ1v) is 12.4. The van der Waals surface area contributed by atoms with Crippen LogP contribution in [0.3, 0.4) is 0 Å². The lowest BCUT2D eigenvalue weighted by atomic mass is 10.1. The zero-order valence-corrected chi connectivity index (χ0v) is 20.5. The number of pyridine rings is 1. The highest BCUT2D eigenvalue weighted by atomic mass is 16.2. The number of aryl methyl sites for hydroxylation is 2. The maximum atomic E-state index is 13.9. The summed E-state index contributed by atoms with van der Waals surface area (Å²) < 4.78 is 4.29. The first kappa shape index (κ1) is 23.8. The highest BCUT2D eigenvalue weighted by Gasteiger charge is 2.34. The molecule has 11 nitrogen and oxygen atoms in total. The van der Waals surface area contributed by atoms with E-state index < -0.39 is 11.2 Å². The van der Waals surface area contributed by atoms with Crippen LogP contribution in [0.2, 0.25) is 0 Å². The number of amides is 1. The lowest BCUT2D eigenvalue weighted by Crippen LogP contribution is -2.44. The minimum atomic E-state index is -0.572. The quantitative estimate of drug-likeness (QED) is 0.516. The topological polar surface area (TPSA) is 144 Å². The summed E-state index contributed by atoms with van der Waals surface area (Å²) >= 11 is 0. The van der Waals surface area contributed by atoms with Crippen LogP contribution in [0.5, 0.6) is 0 Å². The third-order valence-electron chi connectivity index (χ3n) is 7.04. The van der Waals surface area contributed by atoms with E-state index in [0.29, 0.717) is 47.8 Å². The molecule has 1 amide bonds. The van der Waals surface area contributed by atoms with E-state index in [9.17, 15) is 19.6 Å². The molecule has 0 spiro atoms. The molecule has 5 rings (SSSR count). The zero-order valence-electron chi connectivity index (χ0n) is 20.5. The van der Waals surface area contributed by atoms with Crippen molar-refractivity contribution in [3.63, 3.8) is 0 Å². The first-order valence-electron chi connectivity index (χ1n) is 12.4. The molecule has 1 aliphatic carbocycles. The van der Waals surface area contributed by atoms with Gasteiger partial charge in [0, 0.05) is 45.0 Å². The summed E-state index contributed by atoms with van der Waals surface area (Å²) in [5.41, 5.74) is 6.76. The number of piperidine rings is 1. The molecule has 2 fully saturated rings. The molecule has 0 unspecified atom stereocenters. The van der Waals surface area contributed by atoms with Gasteiger partial charge in [-0.2, -0.15) is 5.26 Å². The maximum Gasteiger partial charge on any atom is 0.331 e. The number of nitrogens with one attached hydrogen (secondary N) is 1. The Morgan fingerprint density at radius 1 is 1.25 bits per heavy atom. The number of hydrogen-bond acceptors (Lipinski definition) is 7. The fourth-order valence-corrected chi connectivity index (χ4v) is 5.12. The molecule has 1 saturated heterocycles. The molecule has 0 radical (unpaired) electrons. The highest BCUT2D eigenvalue weighted by molar-refractivity contribution is 6.11. The lowest BCUT2D eigenvalue weighted by molar-refractivity contribution is 0.0952. The van der Waals surface area contributed by atoms with Crippen LogP contribution < -0.4 is 27.2 Å². The molecule has 2 aliphatic rings. The molecule has 4 heterocycles. The number of carbonyl (C=O) groups is 1. The molecular formula is C25H30N8O3. The van der Waals surface area contributed by atoms with Gasteiger partial charge in [0.1, 0.15) is 23.0 Å². The van der Waals surface area contributed by atoms with E-state index in [4.69, 9.17) is 5.73 Å². The number of nitrogens with zero attached hydrogens (tertiary/aromatic N) is 6. The van der Waals surface area contributed by atoms with Crippen molar-refractivity contribution in [3.05, 3.63) is 56.0 Å². The second kappa shape index (κ2) is 9.28. The summed E-state index contributed by atoms with van der Waals surface area (Å²) in [4.78, 5) is 47.3. The van der Waals surface area contributed by atoms with Gasteiger partial charge < -0.3 is 20.5 Å². The molecule has 0 bridgehead atoms. The Morgan fingerprint density at radius 2 is 2.03 bits per heavy atom. The van der Waals surface area contributed by atoms with E-state index in [0.717, 1.165) is 30.3 Å². The lowest BCUT2D eigenvalue weighted by Gasteiger charge is -2.33. The number of rotatable bonds is 6.